The van der Waals surface area contributed by atoms with Crippen molar-refractivity contribution in [2.75, 3.05) is 26.4 Å². The van der Waals surface area contributed by atoms with Gasteiger partial charge in [-0.1, -0.05) is 37.3 Å². The summed E-state index contributed by atoms with van der Waals surface area (Å²) in [6.07, 6.45) is 1.14. The number of hydrogen-bond acceptors (Lipinski definition) is 3. The molecule has 0 aliphatic heterocycles. The fourth-order valence-electron chi connectivity index (χ4n) is 2.10. The number of benzene rings is 2. The van der Waals surface area contributed by atoms with Gasteiger partial charge in [0, 0.05) is 12.6 Å². The molecule has 2 rings (SSSR count). The Hall–Kier alpha value is -1.58. The van der Waals surface area contributed by atoms with Crippen LogP contribution in [0.3, 0.4) is 0 Å². The van der Waals surface area contributed by atoms with Crippen molar-refractivity contribution in [3.05, 3.63) is 42.5 Å². The molecule has 0 aromatic heterocycles. The Morgan fingerprint density at radius 3 is 2.62 bits per heavy atom. The van der Waals surface area contributed by atoms with Crippen molar-refractivity contribution in [1.82, 2.24) is 5.32 Å². The van der Waals surface area contributed by atoms with E-state index in [0.717, 1.165) is 25.3 Å². The third-order valence-corrected chi connectivity index (χ3v) is 3.57. The Balaban J connectivity index is 1.64. The highest BCUT2D eigenvalue weighted by Crippen LogP contribution is 2.20. The average Bonchev–Trinajstić information content (AvgIpc) is 2.53. The number of rotatable bonds is 9. The summed E-state index contributed by atoms with van der Waals surface area (Å²) in [5.41, 5.74) is 0. The molecule has 0 radical (unpaired) electrons. The van der Waals surface area contributed by atoms with Crippen LogP contribution >= 0.6 is 0 Å². The van der Waals surface area contributed by atoms with Gasteiger partial charge in [0.2, 0.25) is 0 Å². The summed E-state index contributed by atoms with van der Waals surface area (Å²) in [6.45, 7) is 7.19. The molecule has 0 bridgehead atoms. The maximum absolute atomic E-state index is 5.72. The molecule has 2 aromatic carbocycles. The molecule has 0 saturated heterocycles. The van der Waals surface area contributed by atoms with Gasteiger partial charge >= 0.3 is 0 Å². The molecule has 1 N–H and O–H groups in total. The predicted molar refractivity (Wildman–Crippen MR) is 88.0 cm³/mol. The Labute approximate surface area is 127 Å². The lowest BCUT2D eigenvalue weighted by Gasteiger charge is -2.11. The number of hydrogen-bond donors (Lipinski definition) is 1. The van der Waals surface area contributed by atoms with E-state index in [2.05, 4.69) is 43.4 Å². The first kappa shape index (κ1) is 15.8. The van der Waals surface area contributed by atoms with Crippen LogP contribution in [0.15, 0.2) is 42.5 Å². The van der Waals surface area contributed by atoms with Crippen molar-refractivity contribution in [3.63, 3.8) is 0 Å². The fraction of sp³-hybridized carbons (Fsp3) is 0.444. The Morgan fingerprint density at radius 1 is 1.00 bits per heavy atom. The first-order valence-electron chi connectivity index (χ1n) is 7.72. The minimum absolute atomic E-state index is 0.558. The minimum Gasteiger partial charge on any atom is -0.491 e. The molecule has 3 heteroatoms. The van der Waals surface area contributed by atoms with E-state index in [9.17, 15) is 0 Å². The highest BCUT2D eigenvalue weighted by Gasteiger charge is 1.98. The van der Waals surface area contributed by atoms with Crippen LogP contribution in [-0.2, 0) is 4.74 Å². The summed E-state index contributed by atoms with van der Waals surface area (Å²) in [5, 5.41) is 5.83. The molecule has 0 amide bonds. The molecule has 21 heavy (non-hydrogen) atoms. The van der Waals surface area contributed by atoms with Crippen LogP contribution in [0.1, 0.15) is 20.3 Å². The van der Waals surface area contributed by atoms with Crippen LogP contribution in [0.5, 0.6) is 5.75 Å². The summed E-state index contributed by atoms with van der Waals surface area (Å²) < 4.78 is 11.3. The molecular formula is C18H25NO2. The zero-order valence-electron chi connectivity index (χ0n) is 13.0. The summed E-state index contributed by atoms with van der Waals surface area (Å²) in [4.78, 5) is 0. The third-order valence-electron chi connectivity index (χ3n) is 3.57. The maximum atomic E-state index is 5.72. The smallest absolute Gasteiger partial charge is 0.120 e. The molecule has 0 aliphatic rings. The topological polar surface area (TPSA) is 30.5 Å². The quantitative estimate of drug-likeness (QED) is 0.715. The number of ether oxygens (including phenoxy) is 2. The summed E-state index contributed by atoms with van der Waals surface area (Å²) in [7, 11) is 0. The fourth-order valence-corrected chi connectivity index (χ4v) is 2.10. The van der Waals surface area contributed by atoms with E-state index in [0.29, 0.717) is 19.3 Å². The van der Waals surface area contributed by atoms with Gasteiger partial charge in [-0.15, -0.1) is 0 Å². The second kappa shape index (κ2) is 8.65. The average molecular weight is 287 g/mol. The Morgan fingerprint density at radius 2 is 1.81 bits per heavy atom. The van der Waals surface area contributed by atoms with Crippen LogP contribution in [0.2, 0.25) is 0 Å². The molecule has 0 spiro atoms. The number of nitrogens with one attached hydrogen (secondary N) is 1. The monoisotopic (exact) mass is 287 g/mol. The second-order valence-corrected chi connectivity index (χ2v) is 5.23. The van der Waals surface area contributed by atoms with Gasteiger partial charge < -0.3 is 14.8 Å². The first-order valence-corrected chi connectivity index (χ1v) is 7.72. The molecule has 0 fully saturated rings. The zero-order chi connectivity index (χ0) is 14.9. The van der Waals surface area contributed by atoms with E-state index in [4.69, 9.17) is 9.47 Å². The molecule has 1 atom stereocenters. The van der Waals surface area contributed by atoms with Gasteiger partial charge in [-0.2, -0.15) is 0 Å². The Bertz CT molecular complexity index is 541. The molecular weight excluding hydrogens is 262 g/mol. The van der Waals surface area contributed by atoms with Crippen LogP contribution in [-0.4, -0.2) is 32.4 Å². The lowest BCUT2D eigenvalue weighted by atomic mass is 10.1. The van der Waals surface area contributed by atoms with E-state index in [1.807, 2.05) is 18.2 Å². The van der Waals surface area contributed by atoms with Gasteiger partial charge in [0.1, 0.15) is 12.4 Å². The van der Waals surface area contributed by atoms with Crippen LogP contribution in [0, 0.1) is 0 Å². The minimum atomic E-state index is 0.558. The van der Waals surface area contributed by atoms with Gasteiger partial charge in [-0.3, -0.25) is 0 Å². The highest BCUT2D eigenvalue weighted by atomic mass is 16.5. The highest BCUT2D eigenvalue weighted by molar-refractivity contribution is 5.83. The molecule has 0 aliphatic carbocycles. The van der Waals surface area contributed by atoms with Crippen molar-refractivity contribution < 1.29 is 9.47 Å². The predicted octanol–water partition coefficient (Wildman–Crippen LogP) is 3.62. The van der Waals surface area contributed by atoms with E-state index in [1.54, 1.807) is 0 Å². The Kier molecular flexibility index (Phi) is 6.51. The van der Waals surface area contributed by atoms with Gasteiger partial charge in [0.25, 0.3) is 0 Å². The first-order chi connectivity index (χ1) is 10.3. The van der Waals surface area contributed by atoms with E-state index in [1.165, 1.54) is 10.8 Å². The molecule has 0 unspecified atom stereocenters. The van der Waals surface area contributed by atoms with E-state index >= 15 is 0 Å². The third kappa shape index (κ3) is 5.37. The van der Waals surface area contributed by atoms with Crippen molar-refractivity contribution in [2.24, 2.45) is 0 Å². The van der Waals surface area contributed by atoms with Crippen LogP contribution < -0.4 is 10.1 Å². The van der Waals surface area contributed by atoms with Gasteiger partial charge in [-0.25, -0.2) is 0 Å². The zero-order valence-corrected chi connectivity index (χ0v) is 13.0. The molecule has 0 heterocycles. The summed E-state index contributed by atoms with van der Waals surface area (Å²) >= 11 is 0. The summed E-state index contributed by atoms with van der Waals surface area (Å²) in [5.74, 6) is 0.898. The van der Waals surface area contributed by atoms with Crippen molar-refractivity contribution in [1.29, 1.82) is 0 Å². The maximum Gasteiger partial charge on any atom is 0.120 e. The number of fused-ring (bicyclic) bond motifs is 1. The van der Waals surface area contributed by atoms with Crippen molar-refractivity contribution >= 4 is 10.8 Å². The SMILES string of the molecule is CC[C@@H](C)NCCOCCOc1ccc2ccccc2c1. The van der Waals surface area contributed by atoms with Crippen LogP contribution in [0.25, 0.3) is 10.8 Å². The standard InChI is InChI=1S/C18H25NO2/c1-3-15(2)19-10-11-20-12-13-21-18-9-8-16-6-4-5-7-17(16)14-18/h4-9,14-15,19H,3,10-13H2,1-2H3/t15-/m1/s1. The normalized spacial score (nSPS) is 12.5. The molecule has 114 valence electrons. The second-order valence-electron chi connectivity index (χ2n) is 5.23. The molecule has 0 saturated carbocycles. The van der Waals surface area contributed by atoms with Crippen molar-refractivity contribution in [3.8, 4) is 5.75 Å². The van der Waals surface area contributed by atoms with Gasteiger partial charge in [0.15, 0.2) is 0 Å². The van der Waals surface area contributed by atoms with Crippen molar-refractivity contribution in [2.45, 2.75) is 26.3 Å². The molecule has 3 nitrogen and oxygen atoms in total. The lowest BCUT2D eigenvalue weighted by Crippen LogP contribution is -2.29. The van der Waals surface area contributed by atoms with E-state index in [-0.39, 0.29) is 0 Å². The van der Waals surface area contributed by atoms with E-state index < -0.39 is 0 Å². The lowest BCUT2D eigenvalue weighted by molar-refractivity contribution is 0.101. The van der Waals surface area contributed by atoms with Crippen LogP contribution in [0.4, 0.5) is 0 Å². The summed E-state index contributed by atoms with van der Waals surface area (Å²) in [6, 6.07) is 15.0. The van der Waals surface area contributed by atoms with Gasteiger partial charge in [0.05, 0.1) is 13.2 Å². The van der Waals surface area contributed by atoms with Gasteiger partial charge in [-0.05, 0) is 36.2 Å². The molecule has 2 aromatic rings. The largest absolute Gasteiger partial charge is 0.491 e.